The van der Waals surface area contributed by atoms with Crippen LogP contribution in [-0.4, -0.2) is 25.2 Å². The zero-order valence-corrected chi connectivity index (χ0v) is 12.9. The van der Waals surface area contributed by atoms with Crippen LogP contribution in [0.4, 0.5) is 0 Å². The van der Waals surface area contributed by atoms with E-state index < -0.39 is 0 Å². The van der Waals surface area contributed by atoms with Gasteiger partial charge in [-0.25, -0.2) is 0 Å². The minimum absolute atomic E-state index is 0.503. The van der Waals surface area contributed by atoms with E-state index in [0.717, 1.165) is 25.2 Å². The number of nitrogens with one attached hydrogen (secondary N) is 1. The van der Waals surface area contributed by atoms with Gasteiger partial charge in [0.15, 0.2) is 0 Å². The highest BCUT2D eigenvalue weighted by atomic mass is 32.2. The Balaban J connectivity index is 1.97. The Bertz CT molecular complexity index is 394. The summed E-state index contributed by atoms with van der Waals surface area (Å²) >= 11 is 1.99. The van der Waals surface area contributed by atoms with Crippen LogP contribution in [-0.2, 0) is 6.42 Å². The summed E-state index contributed by atoms with van der Waals surface area (Å²) in [5.74, 6) is 3.51. The van der Waals surface area contributed by atoms with Crippen molar-refractivity contribution >= 4 is 11.8 Å². The Hall–Kier alpha value is -0.670. The summed E-state index contributed by atoms with van der Waals surface area (Å²) < 4.78 is 6.00. The summed E-state index contributed by atoms with van der Waals surface area (Å²) in [5.41, 5.74) is 2.87. The first kappa shape index (κ1) is 14.7. The van der Waals surface area contributed by atoms with Crippen molar-refractivity contribution in [2.75, 3.05) is 25.2 Å². The topological polar surface area (TPSA) is 21.3 Å². The third-order valence-corrected chi connectivity index (χ3v) is 4.69. The molecule has 0 radical (unpaired) electrons. The number of ether oxygens (including phenoxy) is 1. The van der Waals surface area contributed by atoms with Crippen molar-refractivity contribution < 1.29 is 4.74 Å². The maximum absolute atomic E-state index is 6.00. The lowest BCUT2D eigenvalue weighted by Crippen LogP contribution is -2.22. The quantitative estimate of drug-likeness (QED) is 0.767. The van der Waals surface area contributed by atoms with E-state index >= 15 is 0 Å². The van der Waals surface area contributed by atoms with Crippen LogP contribution in [0.3, 0.4) is 0 Å². The summed E-state index contributed by atoms with van der Waals surface area (Å²) in [6.45, 7) is 3.05. The van der Waals surface area contributed by atoms with E-state index in [4.69, 9.17) is 4.74 Å². The van der Waals surface area contributed by atoms with E-state index in [0.29, 0.717) is 6.04 Å². The minimum Gasteiger partial charge on any atom is -0.493 e. The maximum atomic E-state index is 6.00. The Labute approximate surface area is 121 Å². The fourth-order valence-corrected chi connectivity index (χ4v) is 3.35. The fourth-order valence-electron chi connectivity index (χ4n) is 2.74. The molecule has 0 amide bonds. The molecule has 0 heterocycles. The van der Waals surface area contributed by atoms with Gasteiger partial charge in [-0.05, 0) is 61.4 Å². The van der Waals surface area contributed by atoms with Crippen molar-refractivity contribution in [3.05, 3.63) is 29.3 Å². The highest BCUT2D eigenvalue weighted by Gasteiger charge is 2.21. The molecule has 2 nitrogen and oxygen atoms in total. The molecule has 1 aliphatic rings. The molecule has 0 spiro atoms. The lowest BCUT2D eigenvalue weighted by molar-refractivity contribution is 0.312. The smallest absolute Gasteiger partial charge is 0.122 e. The first-order chi connectivity index (χ1) is 9.36. The van der Waals surface area contributed by atoms with Crippen molar-refractivity contribution in [3.8, 4) is 5.75 Å². The van der Waals surface area contributed by atoms with Gasteiger partial charge in [0.1, 0.15) is 5.75 Å². The molecule has 0 bridgehead atoms. The normalized spacial score (nSPS) is 18.1. The second-order valence-corrected chi connectivity index (χ2v) is 6.35. The minimum atomic E-state index is 0.503. The molecular formula is C16H25NOS. The van der Waals surface area contributed by atoms with Crippen LogP contribution in [0.15, 0.2) is 18.2 Å². The van der Waals surface area contributed by atoms with Gasteiger partial charge in [-0.3, -0.25) is 0 Å². The molecule has 2 rings (SSSR count). The van der Waals surface area contributed by atoms with E-state index in [9.17, 15) is 0 Å². The fraction of sp³-hybridized carbons (Fsp3) is 0.625. The first-order valence-electron chi connectivity index (χ1n) is 7.36. The van der Waals surface area contributed by atoms with Crippen molar-refractivity contribution in [3.63, 3.8) is 0 Å². The van der Waals surface area contributed by atoms with E-state index in [1.807, 2.05) is 11.8 Å². The number of benzene rings is 1. The molecule has 0 saturated heterocycles. The van der Waals surface area contributed by atoms with Gasteiger partial charge in [0.25, 0.3) is 0 Å². The third kappa shape index (κ3) is 3.90. The maximum Gasteiger partial charge on any atom is 0.122 e. The van der Waals surface area contributed by atoms with Crippen molar-refractivity contribution in [2.45, 2.75) is 38.6 Å². The summed E-state index contributed by atoms with van der Waals surface area (Å²) in [4.78, 5) is 0. The molecule has 1 aliphatic carbocycles. The Morgan fingerprint density at radius 3 is 3.11 bits per heavy atom. The Kier molecular flexibility index (Phi) is 6.05. The predicted octanol–water partition coefficient (Wildman–Crippen LogP) is 3.81. The van der Waals surface area contributed by atoms with Gasteiger partial charge in [0, 0.05) is 6.04 Å². The molecular weight excluding hydrogens is 254 g/mol. The van der Waals surface area contributed by atoms with E-state index in [2.05, 4.69) is 37.5 Å². The van der Waals surface area contributed by atoms with Crippen molar-refractivity contribution in [1.29, 1.82) is 0 Å². The molecule has 1 aromatic rings. The number of fused-ring (bicyclic) bond motifs is 1. The largest absolute Gasteiger partial charge is 0.493 e. The number of rotatable bonds is 7. The zero-order valence-electron chi connectivity index (χ0n) is 12.1. The van der Waals surface area contributed by atoms with Crippen LogP contribution >= 0.6 is 11.8 Å². The molecule has 0 saturated carbocycles. The molecule has 1 aromatic carbocycles. The average molecular weight is 279 g/mol. The molecule has 1 unspecified atom stereocenters. The summed E-state index contributed by atoms with van der Waals surface area (Å²) in [6, 6.07) is 7.01. The lowest BCUT2D eigenvalue weighted by Gasteiger charge is -2.26. The lowest BCUT2D eigenvalue weighted by atomic mass is 9.87. The van der Waals surface area contributed by atoms with Gasteiger partial charge >= 0.3 is 0 Å². The van der Waals surface area contributed by atoms with Gasteiger partial charge in [0.05, 0.1) is 6.61 Å². The van der Waals surface area contributed by atoms with E-state index in [1.54, 1.807) is 0 Å². The van der Waals surface area contributed by atoms with Gasteiger partial charge in [-0.15, -0.1) is 0 Å². The first-order valence-corrected chi connectivity index (χ1v) is 8.52. The van der Waals surface area contributed by atoms with Crippen LogP contribution in [0.25, 0.3) is 0 Å². The summed E-state index contributed by atoms with van der Waals surface area (Å²) in [7, 11) is 2.05. The molecule has 0 aromatic heterocycles. The van der Waals surface area contributed by atoms with Crippen LogP contribution in [0.5, 0.6) is 5.75 Å². The Morgan fingerprint density at radius 1 is 1.42 bits per heavy atom. The monoisotopic (exact) mass is 279 g/mol. The van der Waals surface area contributed by atoms with Gasteiger partial charge in [0.2, 0.25) is 0 Å². The number of hydrogen-bond donors (Lipinski definition) is 1. The number of thioether (sulfide) groups is 1. The molecule has 106 valence electrons. The van der Waals surface area contributed by atoms with Crippen molar-refractivity contribution in [1.82, 2.24) is 5.32 Å². The second kappa shape index (κ2) is 7.81. The third-order valence-electron chi connectivity index (χ3n) is 3.71. The van der Waals surface area contributed by atoms with Gasteiger partial charge in [-0.2, -0.15) is 11.8 Å². The SMILES string of the molecule is CCSCCCOc1cccc2c1CCCC2NC. The molecule has 1 N–H and O–H groups in total. The molecule has 0 fully saturated rings. The van der Waals surface area contributed by atoms with Crippen LogP contribution in [0.1, 0.15) is 43.4 Å². The van der Waals surface area contributed by atoms with Crippen LogP contribution in [0, 0.1) is 0 Å². The molecule has 19 heavy (non-hydrogen) atoms. The highest BCUT2D eigenvalue weighted by Crippen LogP contribution is 2.35. The Morgan fingerprint density at radius 2 is 2.32 bits per heavy atom. The average Bonchev–Trinajstić information content (AvgIpc) is 2.46. The van der Waals surface area contributed by atoms with Crippen molar-refractivity contribution in [2.24, 2.45) is 0 Å². The second-order valence-electron chi connectivity index (χ2n) is 4.96. The standard InChI is InChI=1S/C16H25NOS/c1-3-19-12-6-11-18-16-10-5-7-13-14(16)8-4-9-15(13)17-2/h5,7,10,15,17H,3-4,6,8-9,11-12H2,1-2H3. The predicted molar refractivity (Wildman–Crippen MR) is 84.3 cm³/mol. The van der Waals surface area contributed by atoms with E-state index in [-0.39, 0.29) is 0 Å². The summed E-state index contributed by atoms with van der Waals surface area (Å²) in [6.07, 6.45) is 4.79. The molecule has 3 heteroatoms. The van der Waals surface area contributed by atoms with Gasteiger partial charge < -0.3 is 10.1 Å². The highest BCUT2D eigenvalue weighted by molar-refractivity contribution is 7.99. The summed E-state index contributed by atoms with van der Waals surface area (Å²) in [5, 5.41) is 3.41. The van der Waals surface area contributed by atoms with E-state index in [1.165, 1.54) is 35.5 Å². The zero-order chi connectivity index (χ0) is 13.5. The molecule has 1 atom stereocenters. The van der Waals surface area contributed by atoms with Crippen LogP contribution < -0.4 is 10.1 Å². The molecule has 0 aliphatic heterocycles. The van der Waals surface area contributed by atoms with Crippen LogP contribution in [0.2, 0.25) is 0 Å². The van der Waals surface area contributed by atoms with Gasteiger partial charge in [-0.1, -0.05) is 19.1 Å². The number of hydrogen-bond acceptors (Lipinski definition) is 3.